The molecule has 0 radical (unpaired) electrons. The van der Waals surface area contributed by atoms with Crippen molar-refractivity contribution in [1.29, 1.82) is 0 Å². The number of amides is 1. The Morgan fingerprint density at radius 1 is 1.08 bits per heavy atom. The zero-order valence-corrected chi connectivity index (χ0v) is 15.4. The number of carbonyl (C=O) groups excluding carboxylic acids is 1. The molecule has 2 aromatic carbocycles. The minimum absolute atomic E-state index is 0.147. The van der Waals surface area contributed by atoms with E-state index in [4.69, 9.17) is 9.47 Å². The quantitative estimate of drug-likeness (QED) is 0.736. The molecular formula is C21H27NO3. The van der Waals surface area contributed by atoms with Gasteiger partial charge in [0, 0.05) is 0 Å². The zero-order valence-electron chi connectivity index (χ0n) is 15.4. The molecule has 1 N–H and O–H groups in total. The fourth-order valence-corrected chi connectivity index (χ4v) is 2.50. The van der Waals surface area contributed by atoms with Crippen LogP contribution in [0.25, 0.3) is 0 Å². The van der Waals surface area contributed by atoms with Gasteiger partial charge in [0.05, 0.1) is 6.54 Å². The van der Waals surface area contributed by atoms with E-state index >= 15 is 0 Å². The van der Waals surface area contributed by atoms with Crippen LogP contribution in [0.4, 0.5) is 0 Å². The third-order valence-corrected chi connectivity index (χ3v) is 3.87. The van der Waals surface area contributed by atoms with E-state index in [0.717, 1.165) is 22.6 Å². The molecule has 0 bridgehead atoms. The van der Waals surface area contributed by atoms with Gasteiger partial charge in [-0.25, -0.2) is 0 Å². The summed E-state index contributed by atoms with van der Waals surface area (Å²) in [6.07, 6.45) is -0.557. The number of carbonyl (C=O) groups is 1. The van der Waals surface area contributed by atoms with Crippen LogP contribution in [0.1, 0.15) is 37.8 Å². The molecule has 0 spiro atoms. The van der Waals surface area contributed by atoms with Crippen molar-refractivity contribution in [1.82, 2.24) is 5.32 Å². The van der Waals surface area contributed by atoms with Crippen LogP contribution in [-0.4, -0.2) is 25.2 Å². The van der Waals surface area contributed by atoms with Gasteiger partial charge in [0.15, 0.2) is 6.10 Å². The molecule has 0 aliphatic carbocycles. The Kier molecular flexibility index (Phi) is 6.87. The molecule has 25 heavy (non-hydrogen) atoms. The molecule has 0 fully saturated rings. The third-order valence-electron chi connectivity index (χ3n) is 3.87. The summed E-state index contributed by atoms with van der Waals surface area (Å²) in [6, 6.07) is 15.7. The Labute approximate surface area is 150 Å². The summed E-state index contributed by atoms with van der Waals surface area (Å²) in [4.78, 5) is 12.2. The van der Waals surface area contributed by atoms with Gasteiger partial charge >= 0.3 is 0 Å². The summed E-state index contributed by atoms with van der Waals surface area (Å²) < 4.78 is 11.5. The van der Waals surface area contributed by atoms with Crippen molar-refractivity contribution in [2.24, 2.45) is 0 Å². The highest BCUT2D eigenvalue weighted by molar-refractivity contribution is 5.80. The van der Waals surface area contributed by atoms with Crippen molar-refractivity contribution in [3.05, 3.63) is 59.7 Å². The Hall–Kier alpha value is -2.49. The zero-order chi connectivity index (χ0) is 18.2. The van der Waals surface area contributed by atoms with Crippen molar-refractivity contribution in [3.63, 3.8) is 0 Å². The van der Waals surface area contributed by atoms with Gasteiger partial charge in [-0.2, -0.15) is 0 Å². The summed E-state index contributed by atoms with van der Waals surface area (Å²) in [5, 5.41) is 2.85. The monoisotopic (exact) mass is 341 g/mol. The molecule has 1 amide bonds. The van der Waals surface area contributed by atoms with Crippen LogP contribution in [0.5, 0.6) is 11.5 Å². The lowest BCUT2D eigenvalue weighted by Gasteiger charge is -2.18. The fourth-order valence-electron chi connectivity index (χ4n) is 2.50. The molecule has 1 atom stereocenters. The molecule has 4 nitrogen and oxygen atoms in total. The highest BCUT2D eigenvalue weighted by Crippen LogP contribution is 2.26. The van der Waals surface area contributed by atoms with Gasteiger partial charge < -0.3 is 14.8 Å². The van der Waals surface area contributed by atoms with Crippen molar-refractivity contribution < 1.29 is 14.3 Å². The summed E-state index contributed by atoms with van der Waals surface area (Å²) in [7, 11) is 0. The molecule has 0 aliphatic heterocycles. The van der Waals surface area contributed by atoms with Gasteiger partial charge in [0.2, 0.25) is 0 Å². The number of hydrogen-bond donors (Lipinski definition) is 1. The van der Waals surface area contributed by atoms with E-state index in [9.17, 15) is 4.79 Å². The van der Waals surface area contributed by atoms with Crippen LogP contribution in [0.15, 0.2) is 48.5 Å². The summed E-state index contributed by atoms with van der Waals surface area (Å²) >= 11 is 0. The first kappa shape index (κ1) is 18.8. The molecule has 2 aromatic rings. The predicted molar refractivity (Wildman–Crippen MR) is 100 cm³/mol. The number of benzene rings is 2. The van der Waals surface area contributed by atoms with Gasteiger partial charge in [0.25, 0.3) is 5.91 Å². The van der Waals surface area contributed by atoms with E-state index < -0.39 is 6.10 Å². The lowest BCUT2D eigenvalue weighted by Crippen LogP contribution is -2.38. The number of nitrogens with one attached hydrogen (secondary N) is 1. The highest BCUT2D eigenvalue weighted by atomic mass is 16.5. The van der Waals surface area contributed by atoms with Gasteiger partial charge in [-0.15, -0.1) is 0 Å². The molecule has 0 aliphatic rings. The third kappa shape index (κ3) is 5.82. The van der Waals surface area contributed by atoms with Crippen LogP contribution in [-0.2, 0) is 4.79 Å². The Morgan fingerprint density at radius 3 is 2.56 bits per heavy atom. The molecule has 1 unspecified atom stereocenters. The SMILES string of the molecule is Cc1cccc(OCCNC(=O)C(C)Oc2ccccc2C(C)C)c1. The normalized spacial score (nSPS) is 11.9. The smallest absolute Gasteiger partial charge is 0.260 e. The van der Waals surface area contributed by atoms with Crippen LogP contribution in [0, 0.1) is 6.92 Å². The van der Waals surface area contributed by atoms with Crippen LogP contribution >= 0.6 is 0 Å². The summed E-state index contributed by atoms with van der Waals surface area (Å²) in [6.45, 7) is 8.85. The van der Waals surface area contributed by atoms with Gasteiger partial charge in [-0.1, -0.05) is 44.2 Å². The molecule has 4 heteroatoms. The lowest BCUT2D eigenvalue weighted by atomic mass is 10.0. The summed E-state index contributed by atoms with van der Waals surface area (Å²) in [5.41, 5.74) is 2.25. The first-order chi connectivity index (χ1) is 12.0. The predicted octanol–water partition coefficient (Wildman–Crippen LogP) is 4.08. The number of ether oxygens (including phenoxy) is 2. The maximum absolute atomic E-state index is 12.2. The largest absolute Gasteiger partial charge is 0.492 e. The van der Waals surface area contributed by atoms with Crippen molar-refractivity contribution in [3.8, 4) is 11.5 Å². The van der Waals surface area contributed by atoms with E-state index in [2.05, 4.69) is 19.2 Å². The van der Waals surface area contributed by atoms with Crippen molar-refractivity contribution in [2.75, 3.05) is 13.2 Å². The van der Waals surface area contributed by atoms with Crippen molar-refractivity contribution >= 4 is 5.91 Å². The Bertz CT molecular complexity index is 697. The highest BCUT2D eigenvalue weighted by Gasteiger charge is 2.16. The van der Waals surface area contributed by atoms with Crippen LogP contribution < -0.4 is 14.8 Å². The fraction of sp³-hybridized carbons (Fsp3) is 0.381. The number of aryl methyl sites for hydroxylation is 1. The number of hydrogen-bond acceptors (Lipinski definition) is 3. The second kappa shape index (κ2) is 9.11. The minimum Gasteiger partial charge on any atom is -0.492 e. The standard InChI is InChI=1S/C21H27NO3/c1-15(2)19-10-5-6-11-20(19)25-17(4)21(23)22-12-13-24-18-9-7-8-16(3)14-18/h5-11,14-15,17H,12-13H2,1-4H3,(H,22,23). The van der Waals surface area contributed by atoms with E-state index in [1.165, 1.54) is 0 Å². The van der Waals surface area contributed by atoms with E-state index in [1.807, 2.05) is 55.5 Å². The Balaban J connectivity index is 1.79. The second-order valence-electron chi connectivity index (χ2n) is 6.41. The van der Waals surface area contributed by atoms with E-state index in [0.29, 0.717) is 19.1 Å². The second-order valence-corrected chi connectivity index (χ2v) is 6.41. The average molecular weight is 341 g/mol. The van der Waals surface area contributed by atoms with Crippen LogP contribution in [0.2, 0.25) is 0 Å². The molecule has 0 aromatic heterocycles. The van der Waals surface area contributed by atoms with Crippen molar-refractivity contribution in [2.45, 2.75) is 39.7 Å². The maximum atomic E-state index is 12.2. The molecule has 0 heterocycles. The summed E-state index contributed by atoms with van der Waals surface area (Å²) in [5.74, 6) is 1.76. The molecule has 0 saturated heterocycles. The lowest BCUT2D eigenvalue weighted by molar-refractivity contribution is -0.127. The average Bonchev–Trinajstić information content (AvgIpc) is 2.59. The number of rotatable bonds is 8. The van der Waals surface area contributed by atoms with Gasteiger partial charge in [-0.3, -0.25) is 4.79 Å². The van der Waals surface area contributed by atoms with E-state index in [-0.39, 0.29) is 5.91 Å². The minimum atomic E-state index is -0.557. The van der Waals surface area contributed by atoms with Gasteiger partial charge in [-0.05, 0) is 49.1 Å². The number of para-hydroxylation sites is 1. The molecule has 134 valence electrons. The van der Waals surface area contributed by atoms with Gasteiger partial charge in [0.1, 0.15) is 18.1 Å². The maximum Gasteiger partial charge on any atom is 0.260 e. The van der Waals surface area contributed by atoms with Crippen LogP contribution in [0.3, 0.4) is 0 Å². The first-order valence-corrected chi connectivity index (χ1v) is 8.70. The molecule has 0 saturated carbocycles. The molecular weight excluding hydrogens is 314 g/mol. The molecule has 2 rings (SSSR count). The topological polar surface area (TPSA) is 47.6 Å². The Morgan fingerprint density at radius 2 is 1.84 bits per heavy atom. The van der Waals surface area contributed by atoms with E-state index in [1.54, 1.807) is 6.92 Å². The first-order valence-electron chi connectivity index (χ1n) is 8.70.